The highest BCUT2D eigenvalue weighted by atomic mass is 35.5. The molecule has 2 aliphatic carbocycles. The number of rotatable bonds is 24. The van der Waals surface area contributed by atoms with E-state index in [4.69, 9.17) is 26.6 Å². The van der Waals surface area contributed by atoms with Crippen molar-refractivity contribution in [3.05, 3.63) is 77.1 Å². The molecule has 2 aromatic carbocycles. The molecule has 53 heavy (non-hydrogen) atoms. The van der Waals surface area contributed by atoms with E-state index in [0.29, 0.717) is 56.4 Å². The number of thioether (sulfide) groups is 1. The molecule has 2 fully saturated rings. The van der Waals surface area contributed by atoms with E-state index in [1.807, 2.05) is 36.7 Å². The molecule has 4 atom stereocenters. The number of hydrogen-bond acceptors (Lipinski definition) is 11. The van der Waals surface area contributed by atoms with Gasteiger partial charge in [0.15, 0.2) is 6.10 Å². The maximum Gasteiger partial charge on any atom is 0.254 e. The number of aromatic nitrogens is 1. The molecule has 290 valence electrons. The van der Waals surface area contributed by atoms with Gasteiger partial charge in [-0.25, -0.2) is 0 Å². The lowest BCUT2D eigenvalue weighted by Crippen LogP contribution is -2.53. The standard InChI is InChI=1S/C40H54ClN3O8S/c41-33-14-13-29(53-22-8-2-6-20-44(19-5-1-7-21-45)39(51)38(50)37(49)36(48)34(47)26-46)23-27(33)24-43-40(16-17-40)32-25-42-18-15-30(32)31-9-3-4-10-35(31)52-28-11-12-28/h3-4,9-10,13-15,18,23,25,28,34,36-38,43,45-50H,1-2,5-8,11-12,16-17,19-22,24,26H2. The van der Waals surface area contributed by atoms with Crippen molar-refractivity contribution in [2.45, 2.75) is 112 Å². The van der Waals surface area contributed by atoms with Crippen molar-refractivity contribution in [2.75, 3.05) is 32.1 Å². The van der Waals surface area contributed by atoms with Crippen LogP contribution in [-0.2, 0) is 16.9 Å². The molecule has 1 amide bonds. The molecule has 7 N–H and O–H groups in total. The second-order valence-electron chi connectivity index (χ2n) is 14.1. The number of hydrogen-bond donors (Lipinski definition) is 7. The number of carbonyl (C=O) groups excluding carboxylic acids is 1. The van der Waals surface area contributed by atoms with Gasteiger partial charge >= 0.3 is 0 Å². The zero-order chi connectivity index (χ0) is 37.8. The smallest absolute Gasteiger partial charge is 0.254 e. The number of ether oxygens (including phenoxy) is 1. The minimum atomic E-state index is -1.95. The highest BCUT2D eigenvalue weighted by Crippen LogP contribution is 2.50. The molecule has 4 unspecified atom stereocenters. The zero-order valence-corrected chi connectivity index (χ0v) is 31.7. The third kappa shape index (κ3) is 11.6. The van der Waals surface area contributed by atoms with Crippen LogP contribution in [0, 0.1) is 0 Å². The summed E-state index contributed by atoms with van der Waals surface area (Å²) in [6.07, 6.45) is 5.14. The van der Waals surface area contributed by atoms with Crippen molar-refractivity contribution in [3.63, 3.8) is 0 Å². The van der Waals surface area contributed by atoms with Gasteiger partial charge in [0.05, 0.1) is 12.7 Å². The van der Waals surface area contributed by atoms with E-state index < -0.39 is 36.9 Å². The maximum atomic E-state index is 13.0. The summed E-state index contributed by atoms with van der Waals surface area (Å²) >= 11 is 8.43. The van der Waals surface area contributed by atoms with Crippen LogP contribution in [0.15, 0.2) is 65.8 Å². The quantitative estimate of drug-likeness (QED) is 0.0508. The summed E-state index contributed by atoms with van der Waals surface area (Å²) in [4.78, 5) is 20.1. The number of halogens is 1. The van der Waals surface area contributed by atoms with Crippen LogP contribution < -0.4 is 10.1 Å². The molecule has 0 bridgehead atoms. The van der Waals surface area contributed by atoms with E-state index in [9.17, 15) is 25.2 Å². The number of amides is 1. The summed E-state index contributed by atoms with van der Waals surface area (Å²) in [7, 11) is 0. The van der Waals surface area contributed by atoms with Gasteiger partial charge in [-0.3, -0.25) is 9.78 Å². The highest BCUT2D eigenvalue weighted by molar-refractivity contribution is 7.99. The third-order valence-corrected chi connectivity index (χ3v) is 11.4. The van der Waals surface area contributed by atoms with Crippen LogP contribution in [0.3, 0.4) is 0 Å². The Morgan fingerprint density at radius 3 is 2.38 bits per heavy atom. The molecular formula is C40H54ClN3O8S. The lowest BCUT2D eigenvalue weighted by molar-refractivity contribution is -0.158. The van der Waals surface area contributed by atoms with Gasteiger partial charge in [-0.2, -0.15) is 0 Å². The van der Waals surface area contributed by atoms with Crippen molar-refractivity contribution >= 4 is 29.3 Å². The van der Waals surface area contributed by atoms with Crippen molar-refractivity contribution in [1.29, 1.82) is 0 Å². The molecule has 2 saturated carbocycles. The number of aliphatic hydroxyl groups is 6. The number of unbranched alkanes of at least 4 members (excludes halogenated alkanes) is 4. The minimum absolute atomic E-state index is 0.0444. The third-order valence-electron chi connectivity index (χ3n) is 9.96. The maximum absolute atomic E-state index is 13.0. The van der Waals surface area contributed by atoms with Crippen LogP contribution >= 0.6 is 23.4 Å². The summed E-state index contributed by atoms with van der Waals surface area (Å²) in [6.45, 7) is 0.504. The number of carbonyl (C=O) groups is 1. The average Bonchev–Trinajstić information content (AvgIpc) is 4.13. The molecule has 5 rings (SSSR count). The lowest BCUT2D eigenvalue weighted by atomic mass is 9.94. The number of nitrogens with one attached hydrogen (secondary N) is 1. The fourth-order valence-corrected chi connectivity index (χ4v) is 7.58. The molecule has 1 aromatic heterocycles. The monoisotopic (exact) mass is 771 g/mol. The van der Waals surface area contributed by atoms with Gasteiger partial charge in [-0.1, -0.05) is 36.2 Å². The summed E-state index contributed by atoms with van der Waals surface area (Å²) in [5.74, 6) is 1.02. The van der Waals surface area contributed by atoms with Gasteiger partial charge in [0, 0.05) is 59.7 Å². The molecule has 1 heterocycles. The van der Waals surface area contributed by atoms with E-state index in [-0.39, 0.29) is 12.1 Å². The van der Waals surface area contributed by atoms with Crippen LogP contribution in [0.25, 0.3) is 11.1 Å². The highest BCUT2D eigenvalue weighted by Gasteiger charge is 2.46. The Hall–Kier alpha value is -2.78. The van der Waals surface area contributed by atoms with Gasteiger partial charge in [0.25, 0.3) is 5.91 Å². The summed E-state index contributed by atoms with van der Waals surface area (Å²) < 4.78 is 6.26. The average molecular weight is 772 g/mol. The molecule has 0 spiro atoms. The predicted octanol–water partition coefficient (Wildman–Crippen LogP) is 4.41. The number of pyridine rings is 1. The van der Waals surface area contributed by atoms with Crippen molar-refractivity contribution in [3.8, 4) is 16.9 Å². The van der Waals surface area contributed by atoms with Crippen molar-refractivity contribution < 1.29 is 40.2 Å². The van der Waals surface area contributed by atoms with Crippen LogP contribution in [0.1, 0.15) is 75.3 Å². The molecule has 0 radical (unpaired) electrons. The van der Waals surface area contributed by atoms with Gasteiger partial charge in [-0.05, 0) is 111 Å². The van der Waals surface area contributed by atoms with Crippen LogP contribution in [0.4, 0.5) is 0 Å². The molecular weight excluding hydrogens is 718 g/mol. The molecule has 0 aliphatic heterocycles. The van der Waals surface area contributed by atoms with Gasteiger partial charge in [-0.15, -0.1) is 11.8 Å². The Bertz CT molecular complexity index is 1610. The van der Waals surface area contributed by atoms with Gasteiger partial charge in [0.2, 0.25) is 0 Å². The Morgan fingerprint density at radius 1 is 0.943 bits per heavy atom. The molecule has 11 nitrogen and oxygen atoms in total. The van der Waals surface area contributed by atoms with Crippen molar-refractivity contribution in [1.82, 2.24) is 15.2 Å². The van der Waals surface area contributed by atoms with E-state index in [1.54, 1.807) is 11.8 Å². The fourth-order valence-electron chi connectivity index (χ4n) is 6.43. The van der Waals surface area contributed by atoms with E-state index in [0.717, 1.165) is 71.6 Å². The summed E-state index contributed by atoms with van der Waals surface area (Å²) in [5.41, 5.74) is 4.23. The lowest BCUT2D eigenvalue weighted by Gasteiger charge is -2.30. The fraction of sp³-hybridized carbons (Fsp3) is 0.550. The SMILES string of the molecule is O=C(C(O)C(O)C(O)C(O)CO)N(CCCCCO)CCCCCSc1ccc(Cl)c(CNC2(c3cnccc3-c3ccccc3OC3CC3)CC2)c1. The van der Waals surface area contributed by atoms with Gasteiger partial charge < -0.3 is 45.6 Å². The van der Waals surface area contributed by atoms with Crippen LogP contribution in [0.2, 0.25) is 5.02 Å². The van der Waals surface area contributed by atoms with Crippen molar-refractivity contribution in [2.24, 2.45) is 0 Å². The van der Waals surface area contributed by atoms with Crippen LogP contribution in [0.5, 0.6) is 5.75 Å². The minimum Gasteiger partial charge on any atom is -0.490 e. The second kappa shape index (κ2) is 20.2. The second-order valence-corrected chi connectivity index (χ2v) is 15.7. The molecule has 13 heteroatoms. The zero-order valence-electron chi connectivity index (χ0n) is 30.2. The summed E-state index contributed by atoms with van der Waals surface area (Å²) in [5, 5.41) is 63.0. The number of benzene rings is 2. The first-order chi connectivity index (χ1) is 25.7. The number of para-hydroxylation sites is 1. The van der Waals surface area contributed by atoms with E-state index in [1.165, 1.54) is 10.5 Å². The Labute approximate surface area is 321 Å². The summed E-state index contributed by atoms with van der Waals surface area (Å²) in [6, 6.07) is 16.4. The van der Waals surface area contributed by atoms with Crippen LogP contribution in [-0.4, -0.2) is 109 Å². The first-order valence-corrected chi connectivity index (χ1v) is 20.1. The Kier molecular flexibility index (Phi) is 15.8. The largest absolute Gasteiger partial charge is 0.490 e. The molecule has 0 saturated heterocycles. The first kappa shape index (κ1) is 41.4. The molecule has 3 aromatic rings. The topological polar surface area (TPSA) is 176 Å². The van der Waals surface area contributed by atoms with E-state index >= 15 is 0 Å². The number of nitrogens with zero attached hydrogens (tertiary/aromatic N) is 2. The first-order valence-electron chi connectivity index (χ1n) is 18.8. The Morgan fingerprint density at radius 2 is 1.68 bits per heavy atom. The molecule has 2 aliphatic rings. The van der Waals surface area contributed by atoms with E-state index in [2.05, 4.69) is 34.6 Å². The number of aliphatic hydroxyl groups excluding tert-OH is 6. The van der Waals surface area contributed by atoms with Gasteiger partial charge in [0.1, 0.15) is 24.1 Å². The predicted molar refractivity (Wildman–Crippen MR) is 206 cm³/mol. The normalized spacial score (nSPS) is 17.2. The Balaban J connectivity index is 1.12.